The predicted molar refractivity (Wildman–Crippen MR) is 245 cm³/mol. The second kappa shape index (κ2) is 27.6. The van der Waals surface area contributed by atoms with E-state index in [2.05, 4.69) is 28.2 Å². The normalized spacial score (nSPS) is 17.1. The highest BCUT2D eigenvalue weighted by Crippen LogP contribution is 2.38. The van der Waals surface area contributed by atoms with Crippen LogP contribution in [0.2, 0.25) is 0 Å². The zero-order valence-corrected chi connectivity index (χ0v) is 38.8. The van der Waals surface area contributed by atoms with Gasteiger partial charge in [-0.15, -0.1) is 0 Å². The van der Waals surface area contributed by atoms with Gasteiger partial charge in [0.05, 0.1) is 13.2 Å². The van der Waals surface area contributed by atoms with Crippen LogP contribution in [0, 0.1) is 5.92 Å². The zero-order chi connectivity index (χ0) is 48.1. The van der Waals surface area contributed by atoms with E-state index in [1.165, 1.54) is 120 Å². The van der Waals surface area contributed by atoms with Gasteiger partial charge in [0.2, 0.25) is 35.4 Å². The average molecular weight is 909 g/mol. The van der Waals surface area contributed by atoms with Crippen molar-refractivity contribution in [1.82, 2.24) is 31.1 Å². The number of amides is 6. The van der Waals surface area contributed by atoms with E-state index in [0.717, 1.165) is 24.2 Å². The van der Waals surface area contributed by atoms with Crippen molar-refractivity contribution in [3.63, 3.8) is 0 Å². The number of likely N-dealkylation sites (N-methyl/N-ethyl adjacent to an activating group) is 2. The highest BCUT2D eigenvalue weighted by atomic mass is 16.4. The number of carboxylic acid groups (broad SMARTS) is 1. The first kappa shape index (κ1) is 53.6. The molecule has 4 bridgehead atoms. The summed E-state index contributed by atoms with van der Waals surface area (Å²) in [6.45, 7) is 4.10. The molecule has 3 rings (SSSR count). The van der Waals surface area contributed by atoms with E-state index in [1.807, 2.05) is 0 Å². The maximum atomic E-state index is 13.9. The maximum absolute atomic E-state index is 13.9. The summed E-state index contributed by atoms with van der Waals surface area (Å²) in [5.74, 6) is -6.22. The minimum Gasteiger partial charge on any atom is -0.507 e. The first-order valence-corrected chi connectivity index (χ1v) is 23.2. The summed E-state index contributed by atoms with van der Waals surface area (Å²) in [5, 5.41) is 51.6. The van der Waals surface area contributed by atoms with Crippen molar-refractivity contribution in [2.75, 3.05) is 33.8 Å². The highest BCUT2D eigenvalue weighted by Gasteiger charge is 2.33. The SMILES string of the molecule is CCCCCCCCCCCCCCCC(=O)N(C)[C@@H](CO)C(=O)NCCC(C)C(=O)NCC(=O)N(C)[C@@H]1C(=O)N[C@@H](C)C(=O)N[C@H](C(=O)O)Cc2ccc(O)c(c2)-c2cc1ccc2O. The molecule has 0 radical (unpaired) electrons. The van der Waals surface area contributed by atoms with Crippen molar-refractivity contribution in [2.45, 2.75) is 148 Å². The fraction of sp³-hybridized carbons (Fsp3) is 0.604. The number of nitrogens with one attached hydrogen (secondary N) is 4. The fourth-order valence-corrected chi connectivity index (χ4v) is 7.80. The fourth-order valence-electron chi connectivity index (χ4n) is 7.80. The van der Waals surface area contributed by atoms with Crippen LogP contribution >= 0.6 is 0 Å². The summed E-state index contributed by atoms with van der Waals surface area (Å²) in [5.41, 5.74) is 0.808. The Bertz CT molecular complexity index is 1930. The standard InChI is InChI=1S/C48H72N6O11/c1-6-7-8-9-10-11-12-13-14-15-16-17-18-19-41(58)53(4)38(30-55)46(62)49-25-24-31(2)44(60)50-29-42(59)54(5)43-34-21-23-40(57)36(28-34)35-26-33(20-22-39(35)56)27-37(48(64)65)52-45(61)32(3)51-47(43)63/h20-23,26,28,31-32,37-38,43,55-57H,6-19,24-25,27,29-30H2,1-5H3,(H,49,62)(H,50,60)(H,51,63)(H,52,61)(H,64,65)/t31?,32-,37-,38-,43-/m0/s1. The molecule has 360 valence electrons. The van der Waals surface area contributed by atoms with Crippen molar-refractivity contribution in [1.29, 1.82) is 0 Å². The van der Waals surface area contributed by atoms with E-state index in [-0.39, 0.29) is 59.9 Å². The Morgan fingerprint density at radius 1 is 0.754 bits per heavy atom. The topological polar surface area (TPSA) is 255 Å². The number of unbranched alkanes of at least 4 members (excludes halogenated alkanes) is 12. The molecule has 17 heteroatoms. The summed E-state index contributed by atoms with van der Waals surface area (Å²) in [6, 6.07) is 3.18. The number of hydrogen-bond donors (Lipinski definition) is 8. The van der Waals surface area contributed by atoms with Crippen LogP contribution in [-0.4, -0.2) is 124 Å². The average Bonchev–Trinajstić information content (AvgIpc) is 3.27. The number of aliphatic carboxylic acids is 1. The lowest BCUT2D eigenvalue weighted by Gasteiger charge is -2.30. The quantitative estimate of drug-likeness (QED) is 0.0646. The summed E-state index contributed by atoms with van der Waals surface area (Å²) in [6.07, 6.45) is 15.7. The number of fused-ring (bicyclic) bond motifs is 5. The Balaban J connectivity index is 1.53. The highest BCUT2D eigenvalue weighted by molar-refractivity contribution is 5.95. The molecule has 0 aliphatic carbocycles. The molecule has 0 fully saturated rings. The Kier molecular flexibility index (Phi) is 22.8. The van der Waals surface area contributed by atoms with Crippen molar-refractivity contribution < 1.29 is 54.0 Å². The molecule has 1 aliphatic heterocycles. The van der Waals surface area contributed by atoms with Crippen LogP contribution in [0.3, 0.4) is 0 Å². The second-order valence-corrected chi connectivity index (χ2v) is 17.3. The van der Waals surface area contributed by atoms with Gasteiger partial charge in [-0.1, -0.05) is 103 Å². The third-order valence-corrected chi connectivity index (χ3v) is 12.1. The van der Waals surface area contributed by atoms with E-state index >= 15 is 0 Å². The molecule has 6 amide bonds. The number of carbonyl (C=O) groups excluding carboxylic acids is 6. The number of hydrogen-bond acceptors (Lipinski definition) is 10. The molecule has 1 heterocycles. The van der Waals surface area contributed by atoms with Crippen LogP contribution < -0.4 is 21.3 Å². The number of rotatable bonds is 25. The van der Waals surface area contributed by atoms with Crippen molar-refractivity contribution in [3.8, 4) is 22.6 Å². The zero-order valence-electron chi connectivity index (χ0n) is 38.8. The predicted octanol–water partition coefficient (Wildman–Crippen LogP) is 4.45. The van der Waals surface area contributed by atoms with Gasteiger partial charge in [-0.3, -0.25) is 28.8 Å². The van der Waals surface area contributed by atoms with Gasteiger partial charge < -0.3 is 51.5 Å². The van der Waals surface area contributed by atoms with Crippen LogP contribution in [0.15, 0.2) is 36.4 Å². The van der Waals surface area contributed by atoms with Crippen LogP contribution in [0.5, 0.6) is 11.5 Å². The van der Waals surface area contributed by atoms with Crippen LogP contribution in [0.4, 0.5) is 0 Å². The molecule has 0 spiro atoms. The molecular weight excluding hydrogens is 837 g/mol. The van der Waals surface area contributed by atoms with Gasteiger partial charge >= 0.3 is 5.97 Å². The van der Waals surface area contributed by atoms with Gasteiger partial charge in [-0.25, -0.2) is 4.79 Å². The van der Waals surface area contributed by atoms with Gasteiger partial charge in [0.1, 0.15) is 35.7 Å². The number of aromatic hydroxyl groups is 2. The summed E-state index contributed by atoms with van der Waals surface area (Å²) in [7, 11) is 2.80. The van der Waals surface area contributed by atoms with Crippen LogP contribution in [0.25, 0.3) is 11.1 Å². The molecular formula is C48H72N6O11. The van der Waals surface area contributed by atoms with E-state index in [9.17, 15) is 54.0 Å². The second-order valence-electron chi connectivity index (χ2n) is 17.3. The Morgan fingerprint density at radius 2 is 1.32 bits per heavy atom. The third kappa shape index (κ3) is 17.0. The lowest BCUT2D eigenvalue weighted by molar-refractivity contribution is -0.143. The van der Waals surface area contributed by atoms with Crippen molar-refractivity contribution in [2.24, 2.45) is 5.92 Å². The lowest BCUT2D eigenvalue weighted by atomic mass is 9.94. The number of carbonyl (C=O) groups is 7. The number of carboxylic acids is 1. The molecule has 0 saturated carbocycles. The van der Waals surface area contributed by atoms with Gasteiger partial charge in [-0.05, 0) is 55.2 Å². The Hall–Kier alpha value is -5.71. The summed E-state index contributed by atoms with van der Waals surface area (Å²) in [4.78, 5) is 93.9. The van der Waals surface area contributed by atoms with Gasteiger partial charge in [0.15, 0.2) is 0 Å². The molecule has 8 N–H and O–H groups in total. The molecule has 1 unspecified atom stereocenters. The van der Waals surface area contributed by atoms with Crippen LogP contribution in [0.1, 0.15) is 134 Å². The van der Waals surface area contributed by atoms with E-state index in [4.69, 9.17) is 0 Å². The van der Waals surface area contributed by atoms with E-state index in [1.54, 1.807) is 6.92 Å². The van der Waals surface area contributed by atoms with Gasteiger partial charge in [0, 0.05) is 50.5 Å². The lowest BCUT2D eigenvalue weighted by Crippen LogP contribution is -2.53. The van der Waals surface area contributed by atoms with Gasteiger partial charge in [-0.2, -0.15) is 0 Å². The first-order chi connectivity index (χ1) is 31.0. The number of phenols is 2. The van der Waals surface area contributed by atoms with Crippen LogP contribution in [-0.2, 0) is 40.0 Å². The molecule has 0 aromatic heterocycles. The van der Waals surface area contributed by atoms with Gasteiger partial charge in [0.25, 0.3) is 0 Å². The number of aliphatic hydroxyl groups excluding tert-OH is 1. The Labute approximate surface area is 383 Å². The minimum absolute atomic E-state index is 0.0432. The van der Waals surface area contributed by atoms with E-state index < -0.39 is 78.7 Å². The summed E-state index contributed by atoms with van der Waals surface area (Å²) < 4.78 is 0. The molecule has 0 saturated heterocycles. The van der Waals surface area contributed by atoms with E-state index in [0.29, 0.717) is 12.0 Å². The molecule has 5 atom stereocenters. The smallest absolute Gasteiger partial charge is 0.326 e. The monoisotopic (exact) mass is 909 g/mol. The third-order valence-electron chi connectivity index (χ3n) is 12.1. The number of aliphatic hydroxyl groups is 1. The number of benzene rings is 2. The largest absolute Gasteiger partial charge is 0.507 e. The molecule has 2 aromatic rings. The molecule has 17 nitrogen and oxygen atoms in total. The molecule has 1 aliphatic rings. The van der Waals surface area contributed by atoms with Crippen molar-refractivity contribution in [3.05, 3.63) is 47.5 Å². The minimum atomic E-state index is -1.43. The maximum Gasteiger partial charge on any atom is 0.326 e. The number of nitrogens with zero attached hydrogens (tertiary/aromatic N) is 2. The first-order valence-electron chi connectivity index (χ1n) is 23.2. The Morgan fingerprint density at radius 3 is 1.91 bits per heavy atom. The number of phenolic OH excluding ortho intramolecular Hbond substituents is 2. The summed E-state index contributed by atoms with van der Waals surface area (Å²) >= 11 is 0. The molecule has 2 aromatic carbocycles. The molecule has 65 heavy (non-hydrogen) atoms. The van der Waals surface area contributed by atoms with Crippen molar-refractivity contribution >= 4 is 41.4 Å².